The highest BCUT2D eigenvalue weighted by Crippen LogP contribution is 2.23. The first-order valence-corrected chi connectivity index (χ1v) is 4.75. The Morgan fingerprint density at radius 3 is 3.07 bits per heavy atom. The number of hydrogen-bond donors (Lipinski definition) is 3. The monoisotopic (exact) mass is 195 g/mol. The van der Waals surface area contributed by atoms with Gasteiger partial charge in [0.25, 0.3) is 0 Å². The van der Waals surface area contributed by atoms with Crippen LogP contribution in [0.3, 0.4) is 0 Å². The van der Waals surface area contributed by atoms with E-state index in [1.54, 1.807) is 6.20 Å². The van der Waals surface area contributed by atoms with E-state index in [2.05, 4.69) is 15.5 Å². The van der Waals surface area contributed by atoms with E-state index >= 15 is 0 Å². The predicted molar refractivity (Wildman–Crippen MR) is 49.7 cm³/mol. The highest BCUT2D eigenvalue weighted by molar-refractivity contribution is 5.73. The van der Waals surface area contributed by atoms with Crippen molar-refractivity contribution >= 4 is 5.97 Å². The van der Waals surface area contributed by atoms with Gasteiger partial charge in [0.15, 0.2) is 0 Å². The minimum Gasteiger partial charge on any atom is -0.480 e. The van der Waals surface area contributed by atoms with Gasteiger partial charge in [-0.2, -0.15) is 5.10 Å². The number of carboxylic acids is 1. The molecule has 1 fully saturated rings. The molecule has 0 aliphatic carbocycles. The van der Waals surface area contributed by atoms with Crippen molar-refractivity contribution in [2.75, 3.05) is 0 Å². The number of H-pyrrole nitrogens is 1. The zero-order chi connectivity index (χ0) is 9.97. The number of carbonyl (C=O) groups is 1. The lowest BCUT2D eigenvalue weighted by atomic mass is 9.97. The molecule has 1 aromatic rings. The van der Waals surface area contributed by atoms with E-state index in [0.29, 0.717) is 6.42 Å². The molecule has 3 N–H and O–H groups in total. The zero-order valence-electron chi connectivity index (χ0n) is 7.73. The van der Waals surface area contributed by atoms with Crippen LogP contribution in [0.25, 0.3) is 0 Å². The number of aromatic amines is 1. The molecule has 1 saturated heterocycles. The fourth-order valence-corrected chi connectivity index (χ4v) is 1.84. The number of nitrogens with zero attached hydrogens (tertiary/aromatic N) is 1. The lowest BCUT2D eigenvalue weighted by Gasteiger charge is -2.27. The maximum atomic E-state index is 10.8. The van der Waals surface area contributed by atoms with Gasteiger partial charge in [-0.25, -0.2) is 0 Å². The van der Waals surface area contributed by atoms with Crippen LogP contribution in [0, 0.1) is 0 Å². The van der Waals surface area contributed by atoms with Crippen molar-refractivity contribution in [3.05, 3.63) is 18.0 Å². The molecule has 0 bridgehead atoms. The molecular formula is C9H13N3O2. The van der Waals surface area contributed by atoms with Gasteiger partial charge < -0.3 is 5.11 Å². The number of carboxylic acid groups (broad SMARTS) is 1. The third-order valence-electron chi connectivity index (χ3n) is 2.58. The zero-order valence-corrected chi connectivity index (χ0v) is 7.73. The first-order chi connectivity index (χ1) is 6.77. The largest absolute Gasteiger partial charge is 0.480 e. The molecular weight excluding hydrogens is 182 g/mol. The summed E-state index contributed by atoms with van der Waals surface area (Å²) >= 11 is 0. The van der Waals surface area contributed by atoms with Gasteiger partial charge in [0.2, 0.25) is 0 Å². The van der Waals surface area contributed by atoms with Crippen LogP contribution in [0.2, 0.25) is 0 Å². The average Bonchev–Trinajstić information content (AvgIpc) is 2.71. The number of rotatable bonds is 2. The van der Waals surface area contributed by atoms with Crippen LogP contribution < -0.4 is 5.32 Å². The van der Waals surface area contributed by atoms with E-state index in [1.165, 1.54) is 0 Å². The quantitative estimate of drug-likeness (QED) is 0.648. The minimum absolute atomic E-state index is 0.104. The molecule has 1 aliphatic rings. The van der Waals surface area contributed by atoms with Gasteiger partial charge in [0, 0.05) is 12.2 Å². The Balaban J connectivity index is 2.04. The standard InChI is InChI=1S/C9H13N3O2/c13-9(14)8-3-1-2-6(11-8)7-4-5-10-12-7/h4-6,8,11H,1-3H2,(H,10,12)(H,13,14). The van der Waals surface area contributed by atoms with Crippen molar-refractivity contribution < 1.29 is 9.90 Å². The highest BCUT2D eigenvalue weighted by Gasteiger charge is 2.27. The Bertz CT molecular complexity index is 310. The van der Waals surface area contributed by atoms with Crippen LogP contribution in [0.4, 0.5) is 0 Å². The maximum absolute atomic E-state index is 10.8. The summed E-state index contributed by atoms with van der Waals surface area (Å²) in [5.41, 5.74) is 0.968. The normalized spacial score (nSPS) is 27.4. The van der Waals surface area contributed by atoms with Crippen molar-refractivity contribution in [1.82, 2.24) is 15.5 Å². The summed E-state index contributed by atoms with van der Waals surface area (Å²) in [5, 5.41) is 18.7. The predicted octanol–water partition coefficient (Wildman–Crippen LogP) is 0.677. The van der Waals surface area contributed by atoms with Gasteiger partial charge in [-0.05, 0) is 25.3 Å². The van der Waals surface area contributed by atoms with E-state index in [0.717, 1.165) is 18.5 Å². The van der Waals surface area contributed by atoms with Crippen molar-refractivity contribution in [1.29, 1.82) is 0 Å². The molecule has 14 heavy (non-hydrogen) atoms. The van der Waals surface area contributed by atoms with E-state index in [1.807, 2.05) is 6.07 Å². The van der Waals surface area contributed by atoms with Gasteiger partial charge in [0.05, 0.1) is 5.69 Å². The second-order valence-corrected chi connectivity index (χ2v) is 3.55. The summed E-state index contributed by atoms with van der Waals surface area (Å²) in [6, 6.07) is 1.56. The average molecular weight is 195 g/mol. The molecule has 76 valence electrons. The van der Waals surface area contributed by atoms with Crippen LogP contribution in [-0.2, 0) is 4.79 Å². The van der Waals surface area contributed by atoms with Crippen molar-refractivity contribution in [2.24, 2.45) is 0 Å². The molecule has 5 heteroatoms. The topological polar surface area (TPSA) is 78.0 Å². The molecule has 0 radical (unpaired) electrons. The number of nitrogens with one attached hydrogen (secondary N) is 2. The lowest BCUT2D eigenvalue weighted by molar-refractivity contribution is -0.140. The first-order valence-electron chi connectivity index (χ1n) is 4.75. The Hall–Kier alpha value is -1.36. The van der Waals surface area contributed by atoms with Gasteiger partial charge in [0.1, 0.15) is 6.04 Å². The molecule has 2 heterocycles. The summed E-state index contributed by atoms with van der Waals surface area (Å²) < 4.78 is 0. The molecule has 0 aromatic carbocycles. The van der Waals surface area contributed by atoms with Crippen molar-refractivity contribution in [2.45, 2.75) is 31.3 Å². The van der Waals surface area contributed by atoms with Crippen LogP contribution in [0.15, 0.2) is 12.3 Å². The first kappa shape index (κ1) is 9.21. The molecule has 5 nitrogen and oxygen atoms in total. The van der Waals surface area contributed by atoms with E-state index in [9.17, 15) is 4.79 Å². The molecule has 2 rings (SSSR count). The van der Waals surface area contributed by atoms with Gasteiger partial charge in [-0.15, -0.1) is 0 Å². The SMILES string of the molecule is O=C(O)C1CCCC(c2ccn[nH]2)N1. The fraction of sp³-hybridized carbons (Fsp3) is 0.556. The van der Waals surface area contributed by atoms with E-state index < -0.39 is 12.0 Å². The van der Waals surface area contributed by atoms with Crippen molar-refractivity contribution in [3.8, 4) is 0 Å². The molecule has 2 atom stereocenters. The Morgan fingerprint density at radius 1 is 1.57 bits per heavy atom. The summed E-state index contributed by atoms with van der Waals surface area (Å²) in [6.45, 7) is 0. The maximum Gasteiger partial charge on any atom is 0.320 e. The van der Waals surface area contributed by atoms with Crippen molar-refractivity contribution in [3.63, 3.8) is 0 Å². The minimum atomic E-state index is -0.769. The van der Waals surface area contributed by atoms with Crippen LogP contribution in [0.5, 0.6) is 0 Å². The molecule has 0 amide bonds. The number of aromatic nitrogens is 2. The van der Waals surface area contributed by atoms with Gasteiger partial charge >= 0.3 is 5.97 Å². The highest BCUT2D eigenvalue weighted by atomic mass is 16.4. The molecule has 0 saturated carbocycles. The number of hydrogen-bond acceptors (Lipinski definition) is 3. The second-order valence-electron chi connectivity index (χ2n) is 3.55. The molecule has 0 spiro atoms. The van der Waals surface area contributed by atoms with Gasteiger partial charge in [-0.1, -0.05) is 0 Å². The van der Waals surface area contributed by atoms with Crippen LogP contribution in [0.1, 0.15) is 31.0 Å². The summed E-state index contributed by atoms with van der Waals surface area (Å²) in [4.78, 5) is 10.8. The Kier molecular flexibility index (Phi) is 2.49. The lowest BCUT2D eigenvalue weighted by Crippen LogP contribution is -2.42. The second kappa shape index (κ2) is 3.79. The van der Waals surface area contributed by atoms with Gasteiger partial charge in [-0.3, -0.25) is 15.2 Å². The number of aliphatic carboxylic acids is 1. The molecule has 1 aliphatic heterocycles. The van der Waals surface area contributed by atoms with E-state index in [-0.39, 0.29) is 6.04 Å². The summed E-state index contributed by atoms with van der Waals surface area (Å²) in [7, 11) is 0. The van der Waals surface area contributed by atoms with E-state index in [4.69, 9.17) is 5.11 Å². The van der Waals surface area contributed by atoms with Crippen LogP contribution in [-0.4, -0.2) is 27.3 Å². The Labute approximate surface area is 81.5 Å². The van der Waals surface area contributed by atoms with Crippen LogP contribution >= 0.6 is 0 Å². The molecule has 1 aromatic heterocycles. The Morgan fingerprint density at radius 2 is 2.43 bits per heavy atom. The third-order valence-corrected chi connectivity index (χ3v) is 2.58. The molecule has 2 unspecified atom stereocenters. The number of piperidine rings is 1. The summed E-state index contributed by atoms with van der Waals surface area (Å²) in [5.74, 6) is -0.769. The smallest absolute Gasteiger partial charge is 0.320 e. The third kappa shape index (κ3) is 1.77. The summed E-state index contributed by atoms with van der Waals surface area (Å²) in [6.07, 6.45) is 4.29. The fourth-order valence-electron chi connectivity index (χ4n) is 1.84.